The second kappa shape index (κ2) is 9.29. The van der Waals surface area contributed by atoms with Crippen LogP contribution in [0.5, 0.6) is 0 Å². The van der Waals surface area contributed by atoms with E-state index in [0.29, 0.717) is 43.2 Å². The van der Waals surface area contributed by atoms with Gasteiger partial charge in [-0.2, -0.15) is 0 Å². The molecule has 0 bridgehead atoms. The third-order valence-electron chi connectivity index (χ3n) is 5.01. The van der Waals surface area contributed by atoms with Gasteiger partial charge >= 0.3 is 0 Å². The summed E-state index contributed by atoms with van der Waals surface area (Å²) in [6.45, 7) is 8.10. The van der Waals surface area contributed by atoms with Gasteiger partial charge in [0.1, 0.15) is 5.92 Å². The summed E-state index contributed by atoms with van der Waals surface area (Å²) in [5.74, 6) is 0.471. The largest absolute Gasteiger partial charge is 0.454 e. The zero-order valence-electron chi connectivity index (χ0n) is 16.3. The minimum atomic E-state index is -0.518. The number of thiocarbonyl (C=S) groups is 1. The lowest BCUT2D eigenvalue weighted by Gasteiger charge is -2.30. The molecule has 1 atom stereocenters. The number of allylic oxidation sites excluding steroid dienone is 1. The number of likely N-dealkylation sites (N-methyl/N-ethyl adjacent to an activating group) is 1. The molecule has 1 aliphatic carbocycles. The lowest BCUT2D eigenvalue weighted by atomic mass is 9.94. The summed E-state index contributed by atoms with van der Waals surface area (Å²) in [6.07, 6.45) is 4.29. The average molecular weight is 407 g/mol. The van der Waals surface area contributed by atoms with Gasteiger partial charge in [-0.1, -0.05) is 13.8 Å². The van der Waals surface area contributed by atoms with Crippen LogP contribution in [0.1, 0.15) is 26.7 Å². The lowest BCUT2D eigenvalue weighted by Crippen LogP contribution is -2.46. The Morgan fingerprint density at radius 3 is 2.86 bits per heavy atom. The molecule has 2 amide bonds. The highest BCUT2D eigenvalue weighted by molar-refractivity contribution is 7.80. The van der Waals surface area contributed by atoms with E-state index < -0.39 is 5.92 Å². The van der Waals surface area contributed by atoms with Crippen LogP contribution in [0, 0.1) is 5.92 Å². The van der Waals surface area contributed by atoms with Gasteiger partial charge in [0.15, 0.2) is 11.5 Å². The van der Waals surface area contributed by atoms with Gasteiger partial charge in [-0.15, -0.1) is 0 Å². The number of amides is 2. The van der Waals surface area contributed by atoms with Gasteiger partial charge in [0.25, 0.3) is 0 Å². The van der Waals surface area contributed by atoms with E-state index in [1.807, 2.05) is 0 Å². The molecule has 2 aliphatic heterocycles. The first-order valence-electron chi connectivity index (χ1n) is 9.66. The van der Waals surface area contributed by atoms with Gasteiger partial charge in [0, 0.05) is 32.1 Å². The van der Waals surface area contributed by atoms with E-state index in [2.05, 4.69) is 29.1 Å². The number of fused-ring (bicyclic) bond motifs is 2. The Morgan fingerprint density at radius 1 is 1.36 bits per heavy atom. The van der Waals surface area contributed by atoms with Gasteiger partial charge < -0.3 is 19.7 Å². The number of carbonyl (C=O) groups is 2. The molecule has 8 nitrogen and oxygen atoms in total. The number of rotatable bonds is 9. The summed E-state index contributed by atoms with van der Waals surface area (Å²) in [5.41, 5.74) is 0.574. The average Bonchev–Trinajstić information content (AvgIpc) is 3.14. The van der Waals surface area contributed by atoms with E-state index >= 15 is 0 Å². The third kappa shape index (κ3) is 4.59. The fourth-order valence-corrected chi connectivity index (χ4v) is 3.61. The highest BCUT2D eigenvalue weighted by Crippen LogP contribution is 2.31. The Balaban J connectivity index is 1.48. The Kier molecular flexibility index (Phi) is 6.79. The minimum Gasteiger partial charge on any atom is -0.454 e. The highest BCUT2D eigenvalue weighted by Gasteiger charge is 2.38. The van der Waals surface area contributed by atoms with Crippen molar-refractivity contribution in [2.75, 3.05) is 39.5 Å². The minimum absolute atomic E-state index is 0.0180. The van der Waals surface area contributed by atoms with E-state index in [9.17, 15) is 9.59 Å². The lowest BCUT2D eigenvalue weighted by molar-refractivity contribution is -0.129. The molecule has 3 rings (SSSR count). The first-order valence-corrected chi connectivity index (χ1v) is 10.1. The fourth-order valence-electron chi connectivity index (χ4n) is 3.32. The summed E-state index contributed by atoms with van der Waals surface area (Å²) >= 11 is 5.29. The van der Waals surface area contributed by atoms with E-state index in [0.717, 1.165) is 19.6 Å². The summed E-state index contributed by atoms with van der Waals surface area (Å²) in [4.78, 5) is 32.9. The second-order valence-electron chi connectivity index (χ2n) is 6.71. The number of carbonyl (C=O) groups excluding carboxylic acids is 2. The van der Waals surface area contributed by atoms with Crippen LogP contribution < -0.4 is 5.32 Å². The SMILES string of the molecule is CCN(CC)CCNC(=O)CCCN1C(=O)C2C=C3OCOC3=CC2=NC1=S. The van der Waals surface area contributed by atoms with Gasteiger partial charge in [-0.3, -0.25) is 14.5 Å². The Morgan fingerprint density at radius 2 is 2.11 bits per heavy atom. The normalized spacial score (nSPS) is 20.6. The molecule has 1 fully saturated rings. The molecule has 0 radical (unpaired) electrons. The summed E-state index contributed by atoms with van der Waals surface area (Å²) in [7, 11) is 0. The number of hydrogen-bond donors (Lipinski definition) is 1. The smallest absolute Gasteiger partial charge is 0.241 e. The van der Waals surface area contributed by atoms with Crippen molar-refractivity contribution in [2.45, 2.75) is 26.7 Å². The van der Waals surface area contributed by atoms with Crippen LogP contribution in [0.4, 0.5) is 0 Å². The molecule has 0 spiro atoms. The fraction of sp³-hybridized carbons (Fsp3) is 0.579. The maximum atomic E-state index is 12.8. The number of nitrogens with zero attached hydrogens (tertiary/aromatic N) is 3. The quantitative estimate of drug-likeness (QED) is 0.579. The zero-order valence-corrected chi connectivity index (χ0v) is 17.1. The monoisotopic (exact) mass is 406 g/mol. The van der Waals surface area contributed by atoms with Crippen LogP contribution in [0.15, 0.2) is 28.7 Å². The molecule has 1 N–H and O–H groups in total. The molecule has 28 heavy (non-hydrogen) atoms. The van der Waals surface area contributed by atoms with Crippen LogP contribution in [-0.4, -0.2) is 72.0 Å². The van der Waals surface area contributed by atoms with E-state index in [-0.39, 0.29) is 23.7 Å². The van der Waals surface area contributed by atoms with E-state index in [4.69, 9.17) is 21.7 Å². The molecule has 1 unspecified atom stereocenters. The molecule has 0 aromatic rings. The van der Waals surface area contributed by atoms with E-state index in [1.54, 1.807) is 12.2 Å². The van der Waals surface area contributed by atoms with Crippen molar-refractivity contribution in [1.29, 1.82) is 0 Å². The van der Waals surface area contributed by atoms with Crippen LogP contribution >= 0.6 is 12.2 Å². The first-order chi connectivity index (χ1) is 13.5. The summed E-state index contributed by atoms with van der Waals surface area (Å²) in [5, 5.41) is 3.15. The molecular weight excluding hydrogens is 380 g/mol. The molecule has 0 aromatic heterocycles. The highest BCUT2D eigenvalue weighted by atomic mass is 32.1. The van der Waals surface area contributed by atoms with Crippen LogP contribution in [0.2, 0.25) is 0 Å². The molecule has 152 valence electrons. The number of hydrogen-bond acceptors (Lipinski definition) is 6. The van der Waals surface area contributed by atoms with Crippen molar-refractivity contribution < 1.29 is 19.1 Å². The standard InChI is InChI=1S/C19H26N4O4S/c1-3-22(4-2)9-7-20-17(24)6-5-8-23-18(25)13-10-15-16(27-12-26-15)11-14(13)21-19(23)28/h10-11,13H,3-9,12H2,1-2H3,(H,20,24). The van der Waals surface area contributed by atoms with Crippen LogP contribution in [0.25, 0.3) is 0 Å². The number of aliphatic imine (C=N–C) groups is 1. The van der Waals surface area contributed by atoms with E-state index in [1.165, 1.54) is 4.90 Å². The molecule has 0 aromatic carbocycles. The predicted molar refractivity (Wildman–Crippen MR) is 108 cm³/mol. The van der Waals surface area contributed by atoms with Gasteiger partial charge in [0.2, 0.25) is 23.7 Å². The Bertz CT molecular complexity index is 742. The van der Waals surface area contributed by atoms with Crippen molar-refractivity contribution in [2.24, 2.45) is 10.9 Å². The van der Waals surface area contributed by atoms with Crippen molar-refractivity contribution in [1.82, 2.24) is 15.1 Å². The maximum absolute atomic E-state index is 12.8. The van der Waals surface area contributed by atoms with Crippen LogP contribution in [-0.2, 0) is 19.1 Å². The second-order valence-corrected chi connectivity index (χ2v) is 7.08. The number of nitrogens with one attached hydrogen (secondary N) is 1. The molecule has 9 heteroatoms. The Hall–Kier alpha value is -2.26. The van der Waals surface area contributed by atoms with Crippen molar-refractivity contribution in [3.05, 3.63) is 23.7 Å². The number of ether oxygens (including phenoxy) is 2. The van der Waals surface area contributed by atoms with Crippen molar-refractivity contribution >= 4 is 34.9 Å². The molecular formula is C19H26N4O4S. The van der Waals surface area contributed by atoms with Crippen LogP contribution in [0.3, 0.4) is 0 Å². The topological polar surface area (TPSA) is 83.5 Å². The summed E-state index contributed by atoms with van der Waals surface area (Å²) in [6, 6.07) is 0. The van der Waals surface area contributed by atoms with Gasteiger partial charge in [0.05, 0.1) is 5.71 Å². The third-order valence-corrected chi connectivity index (χ3v) is 5.32. The predicted octanol–water partition coefficient (Wildman–Crippen LogP) is 1.19. The molecule has 3 aliphatic rings. The summed E-state index contributed by atoms with van der Waals surface area (Å²) < 4.78 is 10.7. The molecule has 1 saturated heterocycles. The first kappa shape index (κ1) is 20.5. The Labute approximate surface area is 170 Å². The molecule has 2 heterocycles. The molecule has 0 saturated carbocycles. The maximum Gasteiger partial charge on any atom is 0.241 e. The van der Waals surface area contributed by atoms with Crippen molar-refractivity contribution in [3.63, 3.8) is 0 Å². The van der Waals surface area contributed by atoms with Gasteiger partial charge in [-0.05, 0) is 37.8 Å². The van der Waals surface area contributed by atoms with Crippen molar-refractivity contribution in [3.8, 4) is 0 Å². The zero-order chi connectivity index (χ0) is 20.1. The van der Waals surface area contributed by atoms with Gasteiger partial charge in [-0.25, -0.2) is 4.99 Å².